The van der Waals surface area contributed by atoms with Gasteiger partial charge in [-0.3, -0.25) is 20.4 Å². The lowest BCUT2D eigenvalue weighted by molar-refractivity contribution is 0.0846. The molecule has 0 atom stereocenters. The van der Waals surface area contributed by atoms with Crippen LogP contribution in [0.3, 0.4) is 0 Å². The Morgan fingerprint density at radius 1 is 0.800 bits per heavy atom. The van der Waals surface area contributed by atoms with Gasteiger partial charge in [0.25, 0.3) is 11.8 Å². The van der Waals surface area contributed by atoms with Crippen molar-refractivity contribution in [1.82, 2.24) is 10.9 Å². The van der Waals surface area contributed by atoms with Gasteiger partial charge >= 0.3 is 0 Å². The fraction of sp³-hybridized carbons (Fsp3) is 0.125. The van der Waals surface area contributed by atoms with Crippen LogP contribution in [0.15, 0.2) is 48.5 Å². The van der Waals surface area contributed by atoms with Gasteiger partial charge in [0.1, 0.15) is 0 Å². The summed E-state index contributed by atoms with van der Waals surface area (Å²) >= 11 is 0. The van der Waals surface area contributed by atoms with Gasteiger partial charge in [0.2, 0.25) is 0 Å². The number of benzene rings is 2. The molecule has 102 valence electrons. The summed E-state index contributed by atoms with van der Waals surface area (Å²) in [4.78, 5) is 23.8. The van der Waals surface area contributed by atoms with E-state index in [0.717, 1.165) is 11.1 Å². The lowest BCUT2D eigenvalue weighted by Gasteiger charge is -2.10. The van der Waals surface area contributed by atoms with Crippen LogP contribution in [0, 0.1) is 13.8 Å². The van der Waals surface area contributed by atoms with Crippen molar-refractivity contribution in [3.8, 4) is 0 Å². The second kappa shape index (κ2) is 6.02. The molecule has 2 aromatic rings. The van der Waals surface area contributed by atoms with Crippen LogP contribution in [0.2, 0.25) is 0 Å². The maximum Gasteiger partial charge on any atom is 0.269 e. The maximum atomic E-state index is 12.0. The molecule has 0 aliphatic rings. The van der Waals surface area contributed by atoms with Crippen molar-refractivity contribution in [3.63, 3.8) is 0 Å². The van der Waals surface area contributed by atoms with Crippen LogP contribution in [-0.4, -0.2) is 11.8 Å². The minimum absolute atomic E-state index is 0.324. The summed E-state index contributed by atoms with van der Waals surface area (Å²) in [5.41, 5.74) is 7.82. The van der Waals surface area contributed by atoms with Crippen molar-refractivity contribution in [3.05, 3.63) is 70.8 Å². The summed E-state index contributed by atoms with van der Waals surface area (Å²) < 4.78 is 0. The minimum atomic E-state index is -0.343. The minimum Gasteiger partial charge on any atom is -0.267 e. The lowest BCUT2D eigenvalue weighted by Crippen LogP contribution is -2.41. The van der Waals surface area contributed by atoms with E-state index < -0.39 is 0 Å². The Kier molecular flexibility index (Phi) is 4.15. The Bertz CT molecular complexity index is 636. The zero-order chi connectivity index (χ0) is 14.5. The molecule has 2 aromatic carbocycles. The average molecular weight is 268 g/mol. The summed E-state index contributed by atoms with van der Waals surface area (Å²) in [6.07, 6.45) is 0. The van der Waals surface area contributed by atoms with E-state index in [-0.39, 0.29) is 11.8 Å². The number of aryl methyl sites for hydroxylation is 1. The van der Waals surface area contributed by atoms with Crippen molar-refractivity contribution in [2.75, 3.05) is 0 Å². The van der Waals surface area contributed by atoms with Gasteiger partial charge in [0.15, 0.2) is 0 Å². The molecule has 4 heteroatoms. The molecular formula is C16H16N2O2. The molecule has 0 bridgehead atoms. The van der Waals surface area contributed by atoms with E-state index in [2.05, 4.69) is 10.9 Å². The number of carbonyl (C=O) groups excluding carboxylic acids is 2. The molecule has 0 saturated heterocycles. The van der Waals surface area contributed by atoms with Crippen LogP contribution in [0.1, 0.15) is 31.8 Å². The second-order valence-electron chi connectivity index (χ2n) is 4.52. The highest BCUT2D eigenvalue weighted by molar-refractivity contribution is 5.99. The Labute approximate surface area is 117 Å². The number of carbonyl (C=O) groups is 2. The Hall–Kier alpha value is -2.62. The third-order valence-corrected chi connectivity index (χ3v) is 3.17. The fourth-order valence-electron chi connectivity index (χ4n) is 1.84. The standard InChI is InChI=1S/C16H16N2O2/c1-11-7-6-10-14(12(11)2)16(20)18-17-15(19)13-8-4-3-5-9-13/h3-10H,1-2H3,(H,17,19)(H,18,20). The van der Waals surface area contributed by atoms with Crippen LogP contribution in [0.4, 0.5) is 0 Å². The summed E-state index contributed by atoms with van der Waals surface area (Å²) in [6.45, 7) is 3.82. The highest BCUT2D eigenvalue weighted by Crippen LogP contribution is 2.12. The molecule has 0 saturated carbocycles. The largest absolute Gasteiger partial charge is 0.269 e. The number of amides is 2. The molecule has 0 fully saturated rings. The summed E-state index contributed by atoms with van der Waals surface area (Å²) in [5, 5.41) is 0. The number of nitrogens with one attached hydrogen (secondary N) is 2. The van der Waals surface area contributed by atoms with Crippen LogP contribution < -0.4 is 10.9 Å². The molecule has 2 N–H and O–H groups in total. The topological polar surface area (TPSA) is 58.2 Å². The smallest absolute Gasteiger partial charge is 0.267 e. The van der Waals surface area contributed by atoms with Crippen LogP contribution >= 0.6 is 0 Å². The molecule has 0 aromatic heterocycles. The first-order chi connectivity index (χ1) is 9.59. The number of hydrazine groups is 1. The van der Waals surface area contributed by atoms with E-state index in [0.29, 0.717) is 11.1 Å². The third-order valence-electron chi connectivity index (χ3n) is 3.17. The molecule has 20 heavy (non-hydrogen) atoms. The molecule has 0 aliphatic carbocycles. The monoisotopic (exact) mass is 268 g/mol. The van der Waals surface area contributed by atoms with E-state index in [1.54, 1.807) is 30.3 Å². The summed E-state index contributed by atoms with van der Waals surface area (Å²) in [6, 6.07) is 14.2. The van der Waals surface area contributed by atoms with Crippen molar-refractivity contribution < 1.29 is 9.59 Å². The molecular weight excluding hydrogens is 252 g/mol. The molecule has 0 aliphatic heterocycles. The van der Waals surface area contributed by atoms with Gasteiger partial charge in [0.05, 0.1) is 0 Å². The van der Waals surface area contributed by atoms with E-state index in [1.807, 2.05) is 32.0 Å². The first-order valence-electron chi connectivity index (χ1n) is 6.31. The van der Waals surface area contributed by atoms with Gasteiger partial charge in [-0.15, -0.1) is 0 Å². The SMILES string of the molecule is Cc1cccc(C(=O)NNC(=O)c2ccccc2)c1C. The predicted molar refractivity (Wildman–Crippen MR) is 77.3 cm³/mol. The van der Waals surface area contributed by atoms with E-state index in [1.165, 1.54) is 0 Å². The molecule has 0 spiro atoms. The lowest BCUT2D eigenvalue weighted by atomic mass is 10.0. The Morgan fingerprint density at radius 3 is 2.15 bits per heavy atom. The summed E-state index contributed by atoms with van der Waals surface area (Å²) in [5.74, 6) is -0.667. The first kappa shape index (κ1) is 13.8. The highest BCUT2D eigenvalue weighted by Gasteiger charge is 2.11. The number of hydrogen-bond acceptors (Lipinski definition) is 2. The second-order valence-corrected chi connectivity index (χ2v) is 4.52. The maximum absolute atomic E-state index is 12.0. The van der Waals surface area contributed by atoms with E-state index in [9.17, 15) is 9.59 Å². The van der Waals surface area contributed by atoms with Crippen molar-refractivity contribution in [2.24, 2.45) is 0 Å². The molecule has 0 unspecified atom stereocenters. The van der Waals surface area contributed by atoms with Crippen LogP contribution in [0.25, 0.3) is 0 Å². The summed E-state index contributed by atoms with van der Waals surface area (Å²) in [7, 11) is 0. The quantitative estimate of drug-likeness (QED) is 0.822. The van der Waals surface area contributed by atoms with Gasteiger partial charge in [-0.25, -0.2) is 0 Å². The number of hydrogen-bond donors (Lipinski definition) is 2. The van der Waals surface area contributed by atoms with Gasteiger partial charge in [-0.2, -0.15) is 0 Å². The van der Waals surface area contributed by atoms with Crippen LogP contribution in [-0.2, 0) is 0 Å². The van der Waals surface area contributed by atoms with Gasteiger partial charge in [0, 0.05) is 11.1 Å². The van der Waals surface area contributed by atoms with E-state index in [4.69, 9.17) is 0 Å². The van der Waals surface area contributed by atoms with Gasteiger partial charge in [-0.05, 0) is 43.2 Å². The zero-order valence-corrected chi connectivity index (χ0v) is 11.4. The van der Waals surface area contributed by atoms with E-state index >= 15 is 0 Å². The van der Waals surface area contributed by atoms with Crippen molar-refractivity contribution >= 4 is 11.8 Å². The van der Waals surface area contributed by atoms with Crippen molar-refractivity contribution in [2.45, 2.75) is 13.8 Å². The van der Waals surface area contributed by atoms with Gasteiger partial charge < -0.3 is 0 Å². The zero-order valence-electron chi connectivity index (χ0n) is 11.4. The third kappa shape index (κ3) is 3.03. The Balaban J connectivity index is 2.03. The molecule has 2 rings (SSSR count). The highest BCUT2D eigenvalue weighted by atomic mass is 16.2. The molecule has 0 radical (unpaired) electrons. The Morgan fingerprint density at radius 2 is 1.45 bits per heavy atom. The molecule has 4 nitrogen and oxygen atoms in total. The van der Waals surface area contributed by atoms with Crippen molar-refractivity contribution in [1.29, 1.82) is 0 Å². The predicted octanol–water partition coefficient (Wildman–Crippen LogP) is 2.38. The number of rotatable bonds is 2. The molecule has 0 heterocycles. The molecule has 2 amide bonds. The fourth-order valence-corrected chi connectivity index (χ4v) is 1.84. The first-order valence-corrected chi connectivity index (χ1v) is 6.31. The normalized spacial score (nSPS) is 9.90. The van der Waals surface area contributed by atoms with Crippen LogP contribution in [0.5, 0.6) is 0 Å². The average Bonchev–Trinajstić information content (AvgIpc) is 2.48. The van der Waals surface area contributed by atoms with Gasteiger partial charge in [-0.1, -0.05) is 30.3 Å².